The van der Waals surface area contributed by atoms with Crippen molar-refractivity contribution < 1.29 is 14.3 Å². The molecule has 196 valence electrons. The highest BCUT2D eigenvalue weighted by Gasteiger charge is 2.39. The highest BCUT2D eigenvalue weighted by Crippen LogP contribution is 2.48. The number of nitrogens with zero attached hydrogens (tertiary/aromatic N) is 3. The van der Waals surface area contributed by atoms with Gasteiger partial charge >= 0.3 is 6.09 Å². The first-order valence-electron chi connectivity index (χ1n) is 12.8. The lowest BCUT2D eigenvalue weighted by Crippen LogP contribution is -2.46. The first kappa shape index (κ1) is 27.1. The monoisotopic (exact) mass is 523 g/mol. The normalized spacial score (nSPS) is 19.5. The molecule has 0 radical (unpaired) electrons. The van der Waals surface area contributed by atoms with Crippen molar-refractivity contribution in [3.8, 4) is 0 Å². The van der Waals surface area contributed by atoms with Gasteiger partial charge in [0, 0.05) is 57.9 Å². The standard InChI is InChI=1S/C21H25ClN2.C9H10FNO2/c22-20-8-6-18(7-9-20)21-14-19(21)16-24-12-10-23(11-13-24)15-17-4-2-1-3-5-17;1-11(9(12)13)6-7-2-4-8(10)5-3-7/h1-9,19,21H,10-16H2;2-5H,6H2,1H3,(H,12,13)/t19-,21+;/m0./s1. The summed E-state index contributed by atoms with van der Waals surface area (Å²) in [5.41, 5.74) is 3.66. The van der Waals surface area contributed by atoms with Crippen LogP contribution in [0.25, 0.3) is 0 Å². The summed E-state index contributed by atoms with van der Waals surface area (Å²) in [7, 11) is 1.46. The van der Waals surface area contributed by atoms with Crippen LogP contribution in [0.5, 0.6) is 0 Å². The summed E-state index contributed by atoms with van der Waals surface area (Å²) in [6, 6.07) is 25.0. The summed E-state index contributed by atoms with van der Waals surface area (Å²) < 4.78 is 12.5. The molecule has 1 amide bonds. The minimum atomic E-state index is -0.996. The fraction of sp³-hybridized carbons (Fsp3) is 0.367. The summed E-state index contributed by atoms with van der Waals surface area (Å²) in [4.78, 5) is 16.8. The van der Waals surface area contributed by atoms with Crippen molar-refractivity contribution in [2.24, 2.45) is 5.92 Å². The Labute approximate surface area is 224 Å². The van der Waals surface area contributed by atoms with Gasteiger partial charge in [-0.3, -0.25) is 4.90 Å². The third-order valence-corrected chi connectivity index (χ3v) is 7.34. The molecule has 7 heteroatoms. The van der Waals surface area contributed by atoms with Gasteiger partial charge in [0.15, 0.2) is 0 Å². The van der Waals surface area contributed by atoms with E-state index in [1.165, 1.54) is 69.5 Å². The number of amides is 1. The summed E-state index contributed by atoms with van der Waals surface area (Å²) in [6.45, 7) is 7.40. The smallest absolute Gasteiger partial charge is 0.407 e. The molecule has 1 aliphatic carbocycles. The van der Waals surface area contributed by atoms with Gasteiger partial charge in [0.25, 0.3) is 0 Å². The van der Waals surface area contributed by atoms with Crippen LogP contribution in [0, 0.1) is 11.7 Å². The minimum absolute atomic E-state index is 0.273. The van der Waals surface area contributed by atoms with Crippen LogP contribution in [0.4, 0.5) is 9.18 Å². The zero-order valence-electron chi connectivity index (χ0n) is 21.3. The van der Waals surface area contributed by atoms with E-state index in [4.69, 9.17) is 16.7 Å². The molecule has 5 rings (SSSR count). The van der Waals surface area contributed by atoms with Gasteiger partial charge in [-0.1, -0.05) is 66.2 Å². The van der Waals surface area contributed by atoms with Crippen LogP contribution >= 0.6 is 11.6 Å². The molecule has 2 fully saturated rings. The van der Waals surface area contributed by atoms with E-state index in [0.29, 0.717) is 0 Å². The van der Waals surface area contributed by atoms with Crippen molar-refractivity contribution in [2.45, 2.75) is 25.4 Å². The van der Waals surface area contributed by atoms with Gasteiger partial charge in [0.1, 0.15) is 5.82 Å². The maximum atomic E-state index is 12.5. The lowest BCUT2D eigenvalue weighted by atomic mass is 10.1. The molecule has 0 spiro atoms. The SMILES string of the molecule is CN(Cc1ccc(F)cc1)C(=O)O.Clc1ccc([C@H]2C[C@H]2CN2CCN(Cc3ccccc3)CC2)cc1. The van der Waals surface area contributed by atoms with E-state index in [2.05, 4.69) is 52.3 Å². The molecular formula is C30H35ClFN3O2. The highest BCUT2D eigenvalue weighted by molar-refractivity contribution is 6.30. The summed E-state index contributed by atoms with van der Waals surface area (Å²) in [6.07, 6.45) is 0.343. The second-order valence-corrected chi connectivity index (χ2v) is 10.4. The molecule has 0 bridgehead atoms. The molecular weight excluding hydrogens is 489 g/mol. The quantitative estimate of drug-likeness (QED) is 0.401. The maximum absolute atomic E-state index is 12.5. The highest BCUT2D eigenvalue weighted by atomic mass is 35.5. The van der Waals surface area contributed by atoms with E-state index >= 15 is 0 Å². The number of rotatable bonds is 7. The van der Waals surface area contributed by atoms with Crippen molar-refractivity contribution in [3.63, 3.8) is 0 Å². The first-order chi connectivity index (χ1) is 17.9. The van der Waals surface area contributed by atoms with Crippen molar-refractivity contribution in [2.75, 3.05) is 39.8 Å². The molecule has 5 nitrogen and oxygen atoms in total. The fourth-order valence-corrected chi connectivity index (χ4v) is 4.93. The van der Waals surface area contributed by atoms with Crippen LogP contribution in [-0.4, -0.2) is 65.7 Å². The Balaban J connectivity index is 0.000000209. The number of hydrogen-bond acceptors (Lipinski definition) is 3. The van der Waals surface area contributed by atoms with Crippen LogP contribution in [-0.2, 0) is 13.1 Å². The molecule has 0 unspecified atom stereocenters. The van der Waals surface area contributed by atoms with Crippen molar-refractivity contribution in [1.29, 1.82) is 0 Å². The predicted octanol–water partition coefficient (Wildman–Crippen LogP) is 6.20. The molecule has 3 aromatic rings. The number of carboxylic acid groups (broad SMARTS) is 1. The molecule has 3 aromatic carbocycles. The largest absolute Gasteiger partial charge is 0.465 e. The van der Waals surface area contributed by atoms with Crippen LogP contribution in [0.2, 0.25) is 5.02 Å². The molecule has 0 aromatic heterocycles. The Morgan fingerprint density at radius 3 is 2.16 bits per heavy atom. The molecule has 2 aliphatic rings. The van der Waals surface area contributed by atoms with Gasteiger partial charge in [-0.2, -0.15) is 0 Å². The van der Waals surface area contributed by atoms with Crippen LogP contribution in [0.1, 0.15) is 29.0 Å². The number of piperazine rings is 1. The predicted molar refractivity (Wildman–Crippen MR) is 146 cm³/mol. The third kappa shape index (κ3) is 8.56. The van der Waals surface area contributed by atoms with E-state index in [0.717, 1.165) is 33.9 Å². The van der Waals surface area contributed by atoms with Gasteiger partial charge in [0.2, 0.25) is 0 Å². The Morgan fingerprint density at radius 1 is 0.919 bits per heavy atom. The maximum Gasteiger partial charge on any atom is 0.407 e. The number of benzene rings is 3. The average Bonchev–Trinajstić information content (AvgIpc) is 3.67. The number of carbonyl (C=O) groups is 1. The fourth-order valence-electron chi connectivity index (χ4n) is 4.80. The molecule has 1 saturated carbocycles. The van der Waals surface area contributed by atoms with E-state index in [1.807, 2.05) is 12.1 Å². The topological polar surface area (TPSA) is 47.0 Å². The van der Waals surface area contributed by atoms with Crippen molar-refractivity contribution >= 4 is 17.7 Å². The van der Waals surface area contributed by atoms with Gasteiger partial charge in [-0.05, 0) is 59.2 Å². The third-order valence-electron chi connectivity index (χ3n) is 7.09. The van der Waals surface area contributed by atoms with Crippen molar-refractivity contribution in [3.05, 3.63) is 106 Å². The van der Waals surface area contributed by atoms with Gasteiger partial charge in [-0.15, -0.1) is 0 Å². The number of halogens is 2. The summed E-state index contributed by atoms with van der Waals surface area (Å²) in [5.74, 6) is 1.28. The lowest BCUT2D eigenvalue weighted by molar-refractivity contribution is 0.123. The zero-order chi connectivity index (χ0) is 26.2. The van der Waals surface area contributed by atoms with E-state index < -0.39 is 6.09 Å². The lowest BCUT2D eigenvalue weighted by Gasteiger charge is -2.34. The zero-order valence-corrected chi connectivity index (χ0v) is 22.0. The van der Waals surface area contributed by atoms with Crippen LogP contribution in [0.15, 0.2) is 78.9 Å². The Hall–Kier alpha value is -2.93. The van der Waals surface area contributed by atoms with Gasteiger partial charge in [-0.25, -0.2) is 9.18 Å². The molecule has 2 atom stereocenters. The second kappa shape index (κ2) is 13.0. The van der Waals surface area contributed by atoms with Crippen molar-refractivity contribution in [1.82, 2.24) is 14.7 Å². The molecule has 1 saturated heterocycles. The summed E-state index contributed by atoms with van der Waals surface area (Å²) in [5, 5.41) is 9.39. The minimum Gasteiger partial charge on any atom is -0.465 e. The van der Waals surface area contributed by atoms with E-state index in [1.54, 1.807) is 12.1 Å². The molecule has 1 aliphatic heterocycles. The number of hydrogen-bond donors (Lipinski definition) is 1. The average molecular weight is 524 g/mol. The Morgan fingerprint density at radius 2 is 1.54 bits per heavy atom. The second-order valence-electron chi connectivity index (χ2n) is 9.98. The Bertz CT molecular complexity index is 1120. The Kier molecular flexibility index (Phi) is 9.56. The van der Waals surface area contributed by atoms with E-state index in [-0.39, 0.29) is 12.4 Å². The molecule has 1 N–H and O–H groups in total. The molecule has 37 heavy (non-hydrogen) atoms. The summed E-state index contributed by atoms with van der Waals surface area (Å²) >= 11 is 5.99. The van der Waals surface area contributed by atoms with E-state index in [9.17, 15) is 9.18 Å². The van der Waals surface area contributed by atoms with Gasteiger partial charge in [0.05, 0.1) is 0 Å². The van der Waals surface area contributed by atoms with Crippen LogP contribution in [0.3, 0.4) is 0 Å². The van der Waals surface area contributed by atoms with Crippen LogP contribution < -0.4 is 0 Å². The first-order valence-corrected chi connectivity index (χ1v) is 13.2. The molecule has 1 heterocycles. The van der Waals surface area contributed by atoms with Gasteiger partial charge < -0.3 is 14.9 Å².